The first kappa shape index (κ1) is 21.0. The van der Waals surface area contributed by atoms with E-state index in [1.807, 2.05) is 51.1 Å². The minimum atomic E-state index is -0.697. The molecular formula is C20H30N2O5. The number of likely N-dealkylation sites (tertiary alicyclic amines) is 1. The summed E-state index contributed by atoms with van der Waals surface area (Å²) in [6.07, 6.45) is 0.520. The first-order valence-corrected chi connectivity index (χ1v) is 9.19. The van der Waals surface area contributed by atoms with Crippen molar-refractivity contribution in [2.45, 2.75) is 51.4 Å². The lowest BCUT2D eigenvalue weighted by molar-refractivity contribution is -0.00165. The van der Waals surface area contributed by atoms with Gasteiger partial charge in [0, 0.05) is 20.2 Å². The van der Waals surface area contributed by atoms with Crippen molar-refractivity contribution in [2.75, 3.05) is 26.8 Å². The largest absolute Gasteiger partial charge is 0.445 e. The molecule has 2 amide bonds. The maximum absolute atomic E-state index is 12.4. The molecule has 0 aromatic heterocycles. The van der Waals surface area contributed by atoms with Gasteiger partial charge in [-0.3, -0.25) is 0 Å². The summed E-state index contributed by atoms with van der Waals surface area (Å²) < 4.78 is 16.1. The number of rotatable bonds is 5. The van der Waals surface area contributed by atoms with Crippen LogP contribution < -0.4 is 5.32 Å². The molecule has 1 atom stereocenters. The molecule has 2 rings (SSSR count). The Labute approximate surface area is 161 Å². The molecule has 7 heteroatoms. The molecule has 1 aliphatic rings. The number of piperidine rings is 1. The number of nitrogens with one attached hydrogen (secondary N) is 1. The van der Waals surface area contributed by atoms with E-state index in [-0.39, 0.29) is 19.3 Å². The fourth-order valence-electron chi connectivity index (χ4n) is 3.12. The molecule has 7 nitrogen and oxygen atoms in total. The van der Waals surface area contributed by atoms with Crippen LogP contribution in [0, 0.1) is 0 Å². The highest BCUT2D eigenvalue weighted by atomic mass is 16.6. The van der Waals surface area contributed by atoms with Crippen LogP contribution in [-0.2, 0) is 20.8 Å². The quantitative estimate of drug-likeness (QED) is 0.850. The van der Waals surface area contributed by atoms with E-state index >= 15 is 0 Å². The summed E-state index contributed by atoms with van der Waals surface area (Å²) in [5.41, 5.74) is -0.356. The Morgan fingerprint density at radius 1 is 1.22 bits per heavy atom. The number of ether oxygens (including phenoxy) is 3. The molecule has 1 aromatic rings. The van der Waals surface area contributed by atoms with Crippen LogP contribution in [0.15, 0.2) is 30.3 Å². The highest BCUT2D eigenvalue weighted by Gasteiger charge is 2.40. The maximum atomic E-state index is 12.4. The summed E-state index contributed by atoms with van der Waals surface area (Å²) in [6.45, 7) is 6.86. The fraction of sp³-hybridized carbons (Fsp3) is 0.600. The lowest BCUT2D eigenvalue weighted by Crippen LogP contribution is -2.62. The number of hydrogen-bond donors (Lipinski definition) is 1. The van der Waals surface area contributed by atoms with E-state index in [0.717, 1.165) is 12.0 Å². The summed E-state index contributed by atoms with van der Waals surface area (Å²) in [4.78, 5) is 26.4. The molecule has 1 heterocycles. The average molecular weight is 378 g/mol. The highest BCUT2D eigenvalue weighted by molar-refractivity contribution is 5.70. The summed E-state index contributed by atoms with van der Waals surface area (Å²) in [5, 5.41) is 2.92. The van der Waals surface area contributed by atoms with Gasteiger partial charge in [-0.2, -0.15) is 0 Å². The molecule has 1 N–H and O–H groups in total. The van der Waals surface area contributed by atoms with Crippen molar-refractivity contribution in [3.8, 4) is 0 Å². The zero-order valence-corrected chi connectivity index (χ0v) is 16.6. The van der Waals surface area contributed by atoms with Crippen LogP contribution in [0.5, 0.6) is 0 Å². The molecule has 1 fully saturated rings. The molecule has 0 spiro atoms. The van der Waals surface area contributed by atoms with Gasteiger partial charge >= 0.3 is 12.2 Å². The molecule has 1 unspecified atom stereocenters. The van der Waals surface area contributed by atoms with Crippen LogP contribution >= 0.6 is 0 Å². The first-order chi connectivity index (χ1) is 12.7. The smallest absolute Gasteiger partial charge is 0.410 e. The van der Waals surface area contributed by atoms with Crippen LogP contribution in [0.25, 0.3) is 0 Å². The van der Waals surface area contributed by atoms with Crippen molar-refractivity contribution in [1.29, 1.82) is 0 Å². The van der Waals surface area contributed by atoms with E-state index in [4.69, 9.17) is 14.2 Å². The van der Waals surface area contributed by atoms with Gasteiger partial charge in [0.1, 0.15) is 12.2 Å². The van der Waals surface area contributed by atoms with Crippen molar-refractivity contribution in [3.05, 3.63) is 35.9 Å². The number of hydrogen-bond acceptors (Lipinski definition) is 5. The van der Waals surface area contributed by atoms with Crippen molar-refractivity contribution < 1.29 is 23.8 Å². The Bertz CT molecular complexity index is 625. The lowest BCUT2D eigenvalue weighted by atomic mass is 9.90. The monoisotopic (exact) mass is 378 g/mol. The van der Waals surface area contributed by atoms with E-state index in [1.165, 1.54) is 0 Å². The molecule has 1 aromatic carbocycles. The van der Waals surface area contributed by atoms with Gasteiger partial charge in [0.2, 0.25) is 0 Å². The van der Waals surface area contributed by atoms with Gasteiger partial charge in [0.15, 0.2) is 0 Å². The lowest BCUT2D eigenvalue weighted by Gasteiger charge is -2.42. The standard InChI is InChI=1S/C20H30N2O5/c1-19(2,3)27-18(24)22-12-8-11-20(14-22,15-25-4)21-17(23)26-13-16-9-6-5-7-10-16/h5-7,9-10H,8,11-15H2,1-4H3,(H,21,23). The van der Waals surface area contributed by atoms with E-state index in [2.05, 4.69) is 5.32 Å². The van der Waals surface area contributed by atoms with Crippen LogP contribution in [0.3, 0.4) is 0 Å². The topological polar surface area (TPSA) is 77.1 Å². The summed E-state index contributed by atoms with van der Waals surface area (Å²) >= 11 is 0. The van der Waals surface area contributed by atoms with Crippen molar-refractivity contribution in [1.82, 2.24) is 10.2 Å². The Morgan fingerprint density at radius 2 is 1.93 bits per heavy atom. The Morgan fingerprint density at radius 3 is 2.56 bits per heavy atom. The van der Waals surface area contributed by atoms with E-state index < -0.39 is 17.2 Å². The SMILES string of the molecule is COCC1(NC(=O)OCc2ccccc2)CCCN(C(=O)OC(C)(C)C)C1. The highest BCUT2D eigenvalue weighted by Crippen LogP contribution is 2.24. The third-order valence-electron chi connectivity index (χ3n) is 4.23. The second kappa shape index (κ2) is 9.08. The normalized spacial score (nSPS) is 20.1. The predicted molar refractivity (Wildman–Crippen MR) is 101 cm³/mol. The summed E-state index contributed by atoms with van der Waals surface area (Å²) in [5.74, 6) is 0. The maximum Gasteiger partial charge on any atom is 0.410 e. The number of carbonyl (C=O) groups excluding carboxylic acids is 2. The average Bonchev–Trinajstić information content (AvgIpc) is 2.60. The minimum absolute atomic E-state index is 0.186. The molecule has 0 bridgehead atoms. The van der Waals surface area contributed by atoms with Gasteiger partial charge in [-0.1, -0.05) is 30.3 Å². The molecule has 27 heavy (non-hydrogen) atoms. The zero-order chi connectivity index (χ0) is 19.9. The van der Waals surface area contributed by atoms with E-state index in [9.17, 15) is 9.59 Å². The molecule has 0 radical (unpaired) electrons. The van der Waals surface area contributed by atoms with Gasteiger partial charge < -0.3 is 24.4 Å². The summed E-state index contributed by atoms with van der Waals surface area (Å²) in [7, 11) is 1.57. The summed E-state index contributed by atoms with van der Waals surface area (Å²) in [6, 6.07) is 9.47. The Hall–Kier alpha value is -2.28. The number of alkyl carbamates (subject to hydrolysis) is 1. The third-order valence-corrected chi connectivity index (χ3v) is 4.23. The minimum Gasteiger partial charge on any atom is -0.445 e. The Kier molecular flexibility index (Phi) is 7.07. The van der Waals surface area contributed by atoms with Crippen LogP contribution in [0.1, 0.15) is 39.2 Å². The van der Waals surface area contributed by atoms with Crippen LogP contribution in [-0.4, -0.2) is 55.0 Å². The van der Waals surface area contributed by atoms with Crippen molar-refractivity contribution >= 4 is 12.2 Å². The van der Waals surface area contributed by atoms with Gasteiger partial charge in [0.05, 0.1) is 12.1 Å². The van der Waals surface area contributed by atoms with Gasteiger partial charge in [-0.05, 0) is 39.2 Å². The molecule has 150 valence electrons. The molecule has 1 aliphatic heterocycles. The molecule has 0 aliphatic carbocycles. The van der Waals surface area contributed by atoms with Gasteiger partial charge in [-0.25, -0.2) is 9.59 Å². The van der Waals surface area contributed by atoms with Crippen molar-refractivity contribution in [3.63, 3.8) is 0 Å². The molecule has 0 saturated carbocycles. The number of benzene rings is 1. The third kappa shape index (κ3) is 6.75. The number of methoxy groups -OCH3 is 1. The second-order valence-corrected chi connectivity index (χ2v) is 7.91. The van der Waals surface area contributed by atoms with Gasteiger partial charge in [-0.15, -0.1) is 0 Å². The predicted octanol–water partition coefficient (Wildman–Crippen LogP) is 3.33. The van der Waals surface area contributed by atoms with Crippen LogP contribution in [0.4, 0.5) is 9.59 Å². The van der Waals surface area contributed by atoms with E-state index in [1.54, 1.807) is 12.0 Å². The van der Waals surface area contributed by atoms with E-state index in [0.29, 0.717) is 19.5 Å². The number of carbonyl (C=O) groups is 2. The zero-order valence-electron chi connectivity index (χ0n) is 16.6. The first-order valence-electron chi connectivity index (χ1n) is 9.19. The number of amides is 2. The number of nitrogens with zero attached hydrogens (tertiary/aromatic N) is 1. The van der Waals surface area contributed by atoms with Gasteiger partial charge in [0.25, 0.3) is 0 Å². The molecule has 1 saturated heterocycles. The second-order valence-electron chi connectivity index (χ2n) is 7.91. The van der Waals surface area contributed by atoms with Crippen molar-refractivity contribution in [2.24, 2.45) is 0 Å². The Balaban J connectivity index is 1.98. The van der Waals surface area contributed by atoms with Crippen LogP contribution in [0.2, 0.25) is 0 Å². The fourth-order valence-corrected chi connectivity index (χ4v) is 3.12. The molecular weight excluding hydrogens is 348 g/mol.